The summed E-state index contributed by atoms with van der Waals surface area (Å²) in [6.07, 6.45) is 4.75. The second kappa shape index (κ2) is 5.68. The van der Waals surface area contributed by atoms with E-state index in [1.54, 1.807) is 17.2 Å². The quantitative estimate of drug-likeness (QED) is 0.734. The van der Waals surface area contributed by atoms with Gasteiger partial charge in [-0.25, -0.2) is 15.0 Å². The van der Waals surface area contributed by atoms with Gasteiger partial charge in [0.1, 0.15) is 22.4 Å². The highest BCUT2D eigenvalue weighted by atomic mass is 35.5. The Morgan fingerprint density at radius 1 is 1.30 bits per heavy atom. The maximum Gasteiger partial charge on any atom is 0.165 e. The van der Waals surface area contributed by atoms with Crippen LogP contribution in [-0.4, -0.2) is 24.4 Å². The van der Waals surface area contributed by atoms with E-state index in [1.165, 1.54) is 6.33 Å². The fourth-order valence-corrected chi connectivity index (χ4v) is 2.17. The molecule has 0 amide bonds. The van der Waals surface area contributed by atoms with Gasteiger partial charge in [0.2, 0.25) is 0 Å². The first kappa shape index (κ1) is 13.2. The van der Waals surface area contributed by atoms with E-state index in [9.17, 15) is 0 Å². The van der Waals surface area contributed by atoms with E-state index < -0.39 is 4.84 Å². The molecule has 0 spiro atoms. The van der Waals surface area contributed by atoms with Crippen LogP contribution in [-0.2, 0) is 13.1 Å². The molecular formula is C12H11Cl2N5O. The van der Waals surface area contributed by atoms with Crippen LogP contribution in [0.4, 0.5) is 5.82 Å². The summed E-state index contributed by atoms with van der Waals surface area (Å²) < 4.78 is 7.05. The number of furan rings is 1. The summed E-state index contributed by atoms with van der Waals surface area (Å²) in [7, 11) is 0. The summed E-state index contributed by atoms with van der Waals surface area (Å²) in [5, 5.41) is 3.17. The van der Waals surface area contributed by atoms with Gasteiger partial charge in [-0.05, 0) is 12.1 Å². The van der Waals surface area contributed by atoms with Crippen LogP contribution in [0.15, 0.2) is 35.5 Å². The predicted molar refractivity (Wildman–Crippen MR) is 76.9 cm³/mol. The first-order chi connectivity index (χ1) is 9.74. The molecule has 104 valence electrons. The normalized spacial score (nSPS) is 11.3. The van der Waals surface area contributed by atoms with Crippen LogP contribution in [0.1, 0.15) is 5.76 Å². The van der Waals surface area contributed by atoms with Gasteiger partial charge in [-0.2, -0.15) is 0 Å². The molecule has 0 saturated heterocycles. The van der Waals surface area contributed by atoms with E-state index in [0.717, 1.165) is 5.76 Å². The minimum atomic E-state index is -0.512. The predicted octanol–water partition coefficient (Wildman–Crippen LogP) is 2.84. The van der Waals surface area contributed by atoms with Crippen molar-refractivity contribution in [1.82, 2.24) is 19.5 Å². The Balaban J connectivity index is 1.86. The largest absolute Gasteiger partial charge is 0.467 e. The van der Waals surface area contributed by atoms with Gasteiger partial charge in [0, 0.05) is 0 Å². The van der Waals surface area contributed by atoms with Crippen molar-refractivity contribution in [2.45, 2.75) is 17.9 Å². The Bertz CT molecular complexity index is 695. The number of imidazole rings is 1. The van der Waals surface area contributed by atoms with Crippen LogP contribution in [0.25, 0.3) is 11.2 Å². The molecule has 0 aliphatic rings. The maximum absolute atomic E-state index is 5.78. The SMILES string of the molecule is ClC(Cl)Cn1cnc2c(NCc3ccco3)ncnc21. The van der Waals surface area contributed by atoms with Gasteiger partial charge in [0.15, 0.2) is 11.5 Å². The lowest BCUT2D eigenvalue weighted by molar-refractivity contribution is 0.518. The number of halogens is 2. The summed E-state index contributed by atoms with van der Waals surface area (Å²) in [5.41, 5.74) is 1.36. The number of nitrogens with zero attached hydrogens (tertiary/aromatic N) is 4. The molecule has 3 heterocycles. The maximum atomic E-state index is 5.78. The molecule has 0 aliphatic heterocycles. The van der Waals surface area contributed by atoms with Crippen LogP contribution >= 0.6 is 23.2 Å². The van der Waals surface area contributed by atoms with Crippen molar-refractivity contribution in [3.63, 3.8) is 0 Å². The summed E-state index contributed by atoms with van der Waals surface area (Å²) in [5.74, 6) is 1.46. The van der Waals surface area contributed by atoms with Gasteiger partial charge in [-0.1, -0.05) is 0 Å². The molecule has 0 bridgehead atoms. The topological polar surface area (TPSA) is 68.8 Å². The number of anilines is 1. The third-order valence-electron chi connectivity index (χ3n) is 2.75. The van der Waals surface area contributed by atoms with Gasteiger partial charge in [0.05, 0.1) is 25.7 Å². The third kappa shape index (κ3) is 2.71. The van der Waals surface area contributed by atoms with E-state index in [1.807, 2.05) is 12.1 Å². The van der Waals surface area contributed by atoms with Crippen LogP contribution in [0, 0.1) is 0 Å². The molecule has 6 nitrogen and oxygen atoms in total. The first-order valence-electron chi connectivity index (χ1n) is 5.94. The van der Waals surface area contributed by atoms with Crippen LogP contribution in [0.5, 0.6) is 0 Å². The van der Waals surface area contributed by atoms with Crippen molar-refractivity contribution in [1.29, 1.82) is 0 Å². The Hall–Kier alpha value is -1.79. The number of rotatable bonds is 5. The highest BCUT2D eigenvalue weighted by Crippen LogP contribution is 2.19. The summed E-state index contributed by atoms with van der Waals surface area (Å²) in [6.45, 7) is 0.952. The van der Waals surface area contributed by atoms with E-state index >= 15 is 0 Å². The van der Waals surface area contributed by atoms with Crippen LogP contribution < -0.4 is 5.32 Å². The van der Waals surface area contributed by atoms with E-state index in [-0.39, 0.29) is 0 Å². The first-order valence-corrected chi connectivity index (χ1v) is 6.81. The number of aromatic nitrogens is 4. The lowest BCUT2D eigenvalue weighted by Crippen LogP contribution is -2.05. The second-order valence-electron chi connectivity index (χ2n) is 4.12. The number of alkyl halides is 2. The molecule has 0 atom stereocenters. The van der Waals surface area contributed by atoms with Crippen LogP contribution in [0.3, 0.4) is 0 Å². The molecule has 3 aromatic rings. The number of fused-ring (bicyclic) bond motifs is 1. The molecule has 0 fully saturated rings. The molecule has 20 heavy (non-hydrogen) atoms. The van der Waals surface area contributed by atoms with Gasteiger partial charge < -0.3 is 14.3 Å². The molecule has 3 rings (SSSR count). The van der Waals surface area contributed by atoms with Crippen molar-refractivity contribution in [3.05, 3.63) is 36.8 Å². The zero-order chi connectivity index (χ0) is 13.9. The Morgan fingerprint density at radius 2 is 2.20 bits per heavy atom. The Morgan fingerprint density at radius 3 is 2.95 bits per heavy atom. The standard InChI is InChI=1S/C12H11Cl2N5O/c13-9(14)5-19-7-18-10-11(16-6-17-12(10)19)15-4-8-2-1-3-20-8/h1-3,6-7,9H,4-5H2,(H,15,16,17). The zero-order valence-electron chi connectivity index (χ0n) is 10.3. The van der Waals surface area contributed by atoms with Crippen molar-refractivity contribution in [2.75, 3.05) is 5.32 Å². The molecule has 8 heteroatoms. The summed E-state index contributed by atoms with van der Waals surface area (Å²) >= 11 is 11.6. The number of hydrogen-bond donors (Lipinski definition) is 1. The average molecular weight is 312 g/mol. The second-order valence-corrected chi connectivity index (χ2v) is 5.39. The lowest BCUT2D eigenvalue weighted by atomic mass is 10.4. The number of hydrogen-bond acceptors (Lipinski definition) is 5. The minimum absolute atomic E-state index is 0.425. The van der Waals surface area contributed by atoms with Crippen molar-refractivity contribution < 1.29 is 4.42 Å². The van der Waals surface area contributed by atoms with Crippen LogP contribution in [0.2, 0.25) is 0 Å². The van der Waals surface area contributed by atoms with Crippen molar-refractivity contribution in [3.8, 4) is 0 Å². The van der Waals surface area contributed by atoms with Gasteiger partial charge >= 0.3 is 0 Å². The highest BCUT2D eigenvalue weighted by Gasteiger charge is 2.11. The molecule has 1 N–H and O–H groups in total. The van der Waals surface area contributed by atoms with Gasteiger partial charge in [0.25, 0.3) is 0 Å². The highest BCUT2D eigenvalue weighted by molar-refractivity contribution is 6.44. The molecular weight excluding hydrogens is 301 g/mol. The fourth-order valence-electron chi connectivity index (χ4n) is 1.88. The van der Waals surface area contributed by atoms with Gasteiger partial charge in [-0.15, -0.1) is 23.2 Å². The van der Waals surface area contributed by atoms with Gasteiger partial charge in [-0.3, -0.25) is 0 Å². The van der Waals surface area contributed by atoms with Crippen molar-refractivity contribution >= 4 is 40.2 Å². The monoisotopic (exact) mass is 311 g/mol. The molecule has 0 aliphatic carbocycles. The molecule has 0 aromatic carbocycles. The Labute approximate surface area is 124 Å². The summed E-state index contributed by atoms with van der Waals surface area (Å²) in [4.78, 5) is 12.2. The zero-order valence-corrected chi connectivity index (χ0v) is 11.8. The smallest absolute Gasteiger partial charge is 0.165 e. The Kier molecular flexibility index (Phi) is 3.75. The minimum Gasteiger partial charge on any atom is -0.467 e. The van der Waals surface area contributed by atoms with Crippen molar-refractivity contribution in [2.24, 2.45) is 0 Å². The average Bonchev–Trinajstić information content (AvgIpc) is 3.06. The lowest BCUT2D eigenvalue weighted by Gasteiger charge is -2.05. The van der Waals surface area contributed by atoms with E-state index in [4.69, 9.17) is 27.6 Å². The molecule has 0 unspecified atom stereocenters. The van der Waals surface area contributed by atoms with E-state index in [2.05, 4.69) is 20.3 Å². The molecule has 0 radical (unpaired) electrons. The summed E-state index contributed by atoms with van der Waals surface area (Å²) in [6, 6.07) is 3.72. The molecule has 0 saturated carbocycles. The number of nitrogens with one attached hydrogen (secondary N) is 1. The van der Waals surface area contributed by atoms with E-state index in [0.29, 0.717) is 30.1 Å². The fraction of sp³-hybridized carbons (Fsp3) is 0.250. The third-order valence-corrected chi connectivity index (χ3v) is 3.02. The molecule has 3 aromatic heterocycles.